The van der Waals surface area contributed by atoms with E-state index in [2.05, 4.69) is 15.8 Å². The Balaban J connectivity index is 0.00000441. The molecule has 1 aromatic carbocycles. The lowest BCUT2D eigenvalue weighted by Gasteiger charge is -2.08. The fourth-order valence-corrected chi connectivity index (χ4v) is 1.76. The fraction of sp³-hybridized carbons (Fsp3) is 0.467. The summed E-state index contributed by atoms with van der Waals surface area (Å²) in [5, 5.41) is 2.67. The van der Waals surface area contributed by atoms with Crippen molar-refractivity contribution in [2.24, 2.45) is 0 Å². The van der Waals surface area contributed by atoms with Crippen molar-refractivity contribution in [3.8, 4) is 0 Å². The highest BCUT2D eigenvalue weighted by molar-refractivity contribution is 5.73. The van der Waals surface area contributed by atoms with Gasteiger partial charge in [0.1, 0.15) is 6.61 Å². The zero-order chi connectivity index (χ0) is 15.5. The Hall–Kier alpha value is -1.79. The fourth-order valence-electron chi connectivity index (χ4n) is 1.76. The van der Waals surface area contributed by atoms with Crippen LogP contribution in [0.1, 0.15) is 24.8 Å². The number of methoxy groups -OCH3 is 1. The summed E-state index contributed by atoms with van der Waals surface area (Å²) in [6.45, 7) is 0.775. The van der Waals surface area contributed by atoms with Gasteiger partial charge in [0, 0.05) is 13.0 Å². The minimum atomic E-state index is -0.432. The SMILES string of the molecule is COC(=O)[C@@H]([NH3+])CCCCNC(=O)OCc1ccccc1.[Cl-]. The van der Waals surface area contributed by atoms with Crippen molar-refractivity contribution < 1.29 is 37.2 Å². The van der Waals surface area contributed by atoms with Crippen LogP contribution in [-0.4, -0.2) is 31.8 Å². The zero-order valence-corrected chi connectivity index (χ0v) is 13.5. The molecule has 0 unspecified atom stereocenters. The third-order valence-electron chi connectivity index (χ3n) is 3.00. The lowest BCUT2D eigenvalue weighted by atomic mass is 10.1. The average Bonchev–Trinajstić information content (AvgIpc) is 2.52. The largest absolute Gasteiger partial charge is 1.00 e. The molecule has 0 spiro atoms. The molecule has 0 radical (unpaired) electrons. The van der Waals surface area contributed by atoms with Gasteiger partial charge in [-0.1, -0.05) is 30.3 Å². The van der Waals surface area contributed by atoms with E-state index in [0.717, 1.165) is 18.4 Å². The molecule has 7 heteroatoms. The predicted molar refractivity (Wildman–Crippen MR) is 77.2 cm³/mol. The molecule has 6 nitrogen and oxygen atoms in total. The molecule has 1 rings (SSSR count). The number of hydrogen-bond acceptors (Lipinski definition) is 4. The highest BCUT2D eigenvalue weighted by Gasteiger charge is 2.16. The maximum absolute atomic E-state index is 11.4. The van der Waals surface area contributed by atoms with Crippen LogP contribution >= 0.6 is 0 Å². The van der Waals surface area contributed by atoms with Crippen LogP contribution in [0.3, 0.4) is 0 Å². The highest BCUT2D eigenvalue weighted by atomic mass is 35.5. The van der Waals surface area contributed by atoms with Crippen molar-refractivity contribution in [2.75, 3.05) is 13.7 Å². The molecule has 0 aliphatic heterocycles. The Bertz CT molecular complexity index is 442. The summed E-state index contributed by atoms with van der Waals surface area (Å²) >= 11 is 0. The minimum Gasteiger partial charge on any atom is -1.00 e. The van der Waals surface area contributed by atoms with Gasteiger partial charge >= 0.3 is 12.1 Å². The van der Waals surface area contributed by atoms with Crippen molar-refractivity contribution in [1.29, 1.82) is 0 Å². The van der Waals surface area contributed by atoms with Crippen molar-refractivity contribution in [1.82, 2.24) is 5.32 Å². The molecule has 0 saturated heterocycles. The Kier molecular flexibility index (Phi) is 10.9. The van der Waals surface area contributed by atoms with E-state index in [1.165, 1.54) is 7.11 Å². The lowest BCUT2D eigenvalue weighted by Crippen LogP contribution is -3.00. The van der Waals surface area contributed by atoms with Gasteiger partial charge in [-0.15, -0.1) is 0 Å². The monoisotopic (exact) mass is 330 g/mol. The van der Waals surface area contributed by atoms with E-state index in [0.29, 0.717) is 13.0 Å². The van der Waals surface area contributed by atoms with Gasteiger partial charge < -0.3 is 32.9 Å². The van der Waals surface area contributed by atoms with Crippen LogP contribution in [0.2, 0.25) is 0 Å². The minimum absolute atomic E-state index is 0. The van der Waals surface area contributed by atoms with Crippen molar-refractivity contribution in [3.05, 3.63) is 35.9 Å². The predicted octanol–water partition coefficient (Wildman–Crippen LogP) is -2.13. The maximum Gasteiger partial charge on any atom is 0.407 e. The number of carbonyl (C=O) groups excluding carboxylic acids is 2. The number of amides is 1. The standard InChI is InChI=1S/C15H22N2O4.ClH/c1-20-14(18)13(16)9-5-6-10-17-15(19)21-11-12-7-3-2-4-8-12;/h2-4,7-8,13H,5-6,9-11,16H2,1H3,(H,17,19);1H/t13-;/m0./s1. The summed E-state index contributed by atoms with van der Waals surface area (Å²) in [4.78, 5) is 22.6. The van der Waals surface area contributed by atoms with Crippen LogP contribution in [0, 0.1) is 0 Å². The van der Waals surface area contributed by atoms with E-state index in [1.54, 1.807) is 0 Å². The number of quaternary nitrogens is 1. The molecular formula is C15H23ClN2O4. The second-order valence-corrected chi connectivity index (χ2v) is 4.70. The van der Waals surface area contributed by atoms with Crippen molar-refractivity contribution in [3.63, 3.8) is 0 Å². The molecule has 0 aromatic heterocycles. The van der Waals surface area contributed by atoms with Gasteiger partial charge in [-0.05, 0) is 18.4 Å². The molecule has 22 heavy (non-hydrogen) atoms. The van der Waals surface area contributed by atoms with E-state index in [-0.39, 0.29) is 31.0 Å². The third-order valence-corrected chi connectivity index (χ3v) is 3.00. The van der Waals surface area contributed by atoms with Gasteiger partial charge in [0.25, 0.3) is 0 Å². The highest BCUT2D eigenvalue weighted by Crippen LogP contribution is 2.01. The van der Waals surface area contributed by atoms with E-state index in [4.69, 9.17) is 4.74 Å². The molecule has 0 bridgehead atoms. The number of hydrogen-bond donors (Lipinski definition) is 2. The summed E-state index contributed by atoms with van der Waals surface area (Å²) in [6.07, 6.45) is 1.78. The quantitative estimate of drug-likeness (QED) is 0.421. The van der Waals surface area contributed by atoms with Gasteiger partial charge in [0.2, 0.25) is 0 Å². The van der Waals surface area contributed by atoms with Gasteiger partial charge in [-0.3, -0.25) is 0 Å². The molecule has 1 amide bonds. The number of ether oxygens (including phenoxy) is 2. The molecule has 4 N–H and O–H groups in total. The average molecular weight is 331 g/mol. The van der Waals surface area contributed by atoms with Crippen LogP contribution in [0.5, 0.6) is 0 Å². The van der Waals surface area contributed by atoms with Gasteiger partial charge in [-0.25, -0.2) is 9.59 Å². The molecule has 124 valence electrons. The van der Waals surface area contributed by atoms with Crippen LogP contribution in [0.25, 0.3) is 0 Å². The van der Waals surface area contributed by atoms with Crippen LogP contribution in [0.4, 0.5) is 4.79 Å². The van der Waals surface area contributed by atoms with Crippen LogP contribution in [0.15, 0.2) is 30.3 Å². The smallest absolute Gasteiger partial charge is 0.407 e. The number of esters is 1. The number of carbonyl (C=O) groups is 2. The molecular weight excluding hydrogens is 308 g/mol. The van der Waals surface area contributed by atoms with E-state index in [9.17, 15) is 9.59 Å². The van der Waals surface area contributed by atoms with Gasteiger partial charge in [0.05, 0.1) is 7.11 Å². The summed E-state index contributed by atoms with van der Waals surface area (Å²) in [5.41, 5.74) is 4.67. The summed E-state index contributed by atoms with van der Waals surface area (Å²) in [6, 6.07) is 9.15. The first kappa shape index (κ1) is 20.2. The molecule has 0 aliphatic carbocycles. The Labute approximate surface area is 136 Å². The first-order valence-corrected chi connectivity index (χ1v) is 6.99. The number of benzene rings is 1. The normalized spacial score (nSPS) is 11.0. The van der Waals surface area contributed by atoms with E-state index >= 15 is 0 Å². The van der Waals surface area contributed by atoms with Gasteiger partial charge in [0.15, 0.2) is 6.04 Å². The molecule has 0 heterocycles. The van der Waals surface area contributed by atoms with Crippen LogP contribution < -0.4 is 23.5 Å². The number of halogens is 1. The molecule has 1 atom stereocenters. The maximum atomic E-state index is 11.4. The zero-order valence-electron chi connectivity index (χ0n) is 12.7. The molecule has 0 saturated carbocycles. The lowest BCUT2D eigenvalue weighted by molar-refractivity contribution is -0.409. The first-order valence-electron chi connectivity index (χ1n) is 6.99. The topological polar surface area (TPSA) is 92.3 Å². The van der Waals surface area contributed by atoms with Crippen LogP contribution in [-0.2, 0) is 20.9 Å². The molecule has 0 aliphatic rings. The summed E-state index contributed by atoms with van der Waals surface area (Å²) in [5.74, 6) is -0.301. The Morgan fingerprint density at radius 3 is 2.55 bits per heavy atom. The molecule has 1 aromatic rings. The summed E-state index contributed by atoms with van der Waals surface area (Å²) in [7, 11) is 1.35. The van der Waals surface area contributed by atoms with Crippen molar-refractivity contribution in [2.45, 2.75) is 31.9 Å². The van der Waals surface area contributed by atoms with E-state index in [1.807, 2.05) is 30.3 Å². The second kappa shape index (κ2) is 11.8. The Morgan fingerprint density at radius 2 is 1.91 bits per heavy atom. The number of rotatable bonds is 8. The summed E-state index contributed by atoms with van der Waals surface area (Å²) < 4.78 is 9.66. The Morgan fingerprint density at radius 1 is 1.23 bits per heavy atom. The molecule has 0 fully saturated rings. The number of alkyl carbamates (subject to hydrolysis) is 1. The van der Waals surface area contributed by atoms with Gasteiger partial charge in [-0.2, -0.15) is 0 Å². The number of nitrogens with one attached hydrogen (secondary N) is 1. The number of unbranched alkanes of at least 4 members (excludes halogenated alkanes) is 1. The first-order chi connectivity index (χ1) is 10.1. The second-order valence-electron chi connectivity index (χ2n) is 4.70. The third kappa shape index (κ3) is 8.49. The van der Waals surface area contributed by atoms with Crippen molar-refractivity contribution >= 4 is 12.1 Å². The van der Waals surface area contributed by atoms with E-state index < -0.39 is 6.09 Å².